The number of nitrogens with zero attached hydrogens (tertiary/aromatic N) is 2. The van der Waals surface area contributed by atoms with E-state index < -0.39 is 22.6 Å². The van der Waals surface area contributed by atoms with E-state index in [1.807, 2.05) is 0 Å². The van der Waals surface area contributed by atoms with Crippen molar-refractivity contribution in [1.29, 1.82) is 0 Å². The van der Waals surface area contributed by atoms with Crippen molar-refractivity contribution in [3.8, 4) is 0 Å². The summed E-state index contributed by atoms with van der Waals surface area (Å²) in [5.74, 6) is -0.495. The van der Waals surface area contributed by atoms with E-state index >= 15 is 0 Å². The highest BCUT2D eigenvalue weighted by Gasteiger charge is 2.34. The smallest absolute Gasteiger partial charge is 0.268 e. The fourth-order valence-electron chi connectivity index (χ4n) is 2.36. The van der Waals surface area contributed by atoms with Gasteiger partial charge in [-0.25, -0.2) is 0 Å². The zero-order chi connectivity index (χ0) is 19.8. The van der Waals surface area contributed by atoms with Crippen LogP contribution in [0.2, 0.25) is 0 Å². The number of non-ortho nitro benzene ring substituents is 1. The molecule has 0 N–H and O–H groups in total. The molecule has 0 saturated carbocycles. The quantitative estimate of drug-likeness (QED) is 0.308. The van der Waals surface area contributed by atoms with Crippen LogP contribution in [0.3, 0.4) is 0 Å². The summed E-state index contributed by atoms with van der Waals surface area (Å²) in [7, 11) is 0. The molecule has 0 aliphatic carbocycles. The third-order valence-corrected chi connectivity index (χ3v) is 4.93. The predicted molar refractivity (Wildman–Crippen MR) is 100 cm³/mol. The lowest BCUT2D eigenvalue weighted by molar-refractivity contribution is -0.384. The van der Waals surface area contributed by atoms with Gasteiger partial charge in [-0.2, -0.15) is 13.2 Å². The molecule has 1 fully saturated rings. The molecule has 5 nitrogen and oxygen atoms in total. The van der Waals surface area contributed by atoms with Gasteiger partial charge in [-0.05, 0) is 29.8 Å². The Morgan fingerprint density at radius 1 is 1.15 bits per heavy atom. The molecule has 1 aliphatic rings. The van der Waals surface area contributed by atoms with Crippen molar-refractivity contribution in [2.45, 2.75) is 6.18 Å². The van der Waals surface area contributed by atoms with Crippen LogP contribution in [-0.2, 0) is 11.0 Å². The average molecular weight is 410 g/mol. The summed E-state index contributed by atoms with van der Waals surface area (Å²) in [5.41, 5.74) is -0.317. The summed E-state index contributed by atoms with van der Waals surface area (Å²) < 4.78 is 38.0. The maximum Gasteiger partial charge on any atom is 0.416 e. The molecule has 1 heterocycles. The van der Waals surface area contributed by atoms with E-state index in [4.69, 9.17) is 12.2 Å². The number of halogens is 3. The van der Waals surface area contributed by atoms with E-state index in [9.17, 15) is 28.1 Å². The van der Waals surface area contributed by atoms with Gasteiger partial charge in [-0.15, -0.1) is 0 Å². The van der Waals surface area contributed by atoms with Gasteiger partial charge in [0.1, 0.15) is 0 Å². The molecular formula is C17H9F3N2O3S2. The number of carbonyl (C=O) groups excluding carboxylic acids is 1. The zero-order valence-corrected chi connectivity index (χ0v) is 14.9. The van der Waals surface area contributed by atoms with E-state index in [1.165, 1.54) is 42.5 Å². The van der Waals surface area contributed by atoms with Gasteiger partial charge in [-0.3, -0.25) is 19.8 Å². The number of rotatable bonds is 3. The number of thioether (sulfide) groups is 1. The monoisotopic (exact) mass is 410 g/mol. The van der Waals surface area contributed by atoms with Crippen LogP contribution in [0.1, 0.15) is 11.1 Å². The first-order valence-corrected chi connectivity index (χ1v) is 8.59. The van der Waals surface area contributed by atoms with Crippen LogP contribution in [0, 0.1) is 10.1 Å². The SMILES string of the molecule is O=C1/C(=C\c2ccc(C(F)(F)F)cc2)SC(=S)N1c1cccc([N+](=O)[O-])c1. The second-order valence-corrected chi connectivity index (χ2v) is 7.09. The van der Waals surface area contributed by atoms with Crippen LogP contribution in [0.25, 0.3) is 6.08 Å². The van der Waals surface area contributed by atoms with Gasteiger partial charge in [0.05, 0.1) is 21.1 Å². The summed E-state index contributed by atoms with van der Waals surface area (Å²) in [6.45, 7) is 0. The molecule has 10 heteroatoms. The number of anilines is 1. The molecule has 27 heavy (non-hydrogen) atoms. The first kappa shape index (κ1) is 19.1. The van der Waals surface area contributed by atoms with E-state index in [-0.39, 0.29) is 20.6 Å². The topological polar surface area (TPSA) is 63.5 Å². The molecule has 1 saturated heterocycles. The lowest BCUT2D eigenvalue weighted by Gasteiger charge is -2.13. The summed E-state index contributed by atoms with van der Waals surface area (Å²) in [6.07, 6.45) is -3.01. The maximum absolute atomic E-state index is 12.6. The van der Waals surface area contributed by atoms with Crippen molar-refractivity contribution in [3.05, 3.63) is 74.7 Å². The molecule has 0 aromatic heterocycles. The van der Waals surface area contributed by atoms with Gasteiger partial charge in [0.25, 0.3) is 11.6 Å². The second kappa shape index (κ2) is 7.12. The zero-order valence-electron chi connectivity index (χ0n) is 13.3. The fourth-order valence-corrected chi connectivity index (χ4v) is 3.65. The number of thiocarbonyl (C=S) groups is 1. The van der Waals surface area contributed by atoms with Crippen LogP contribution >= 0.6 is 24.0 Å². The van der Waals surface area contributed by atoms with Crippen LogP contribution in [0.15, 0.2) is 53.4 Å². The molecule has 2 aromatic carbocycles. The molecule has 3 rings (SSSR count). The molecule has 1 amide bonds. The number of carbonyl (C=O) groups is 1. The standard InChI is InChI=1S/C17H9F3N2O3S2/c18-17(19,20)11-6-4-10(5-7-11)8-14-15(23)21(16(26)27-14)12-2-1-3-13(9-12)22(24)25/h1-9H/b14-8+. The lowest BCUT2D eigenvalue weighted by Crippen LogP contribution is -2.27. The second-order valence-electron chi connectivity index (χ2n) is 5.41. The van der Waals surface area contributed by atoms with Crippen molar-refractivity contribution in [2.24, 2.45) is 0 Å². The summed E-state index contributed by atoms with van der Waals surface area (Å²) in [5, 5.41) is 10.9. The highest BCUT2D eigenvalue weighted by Crippen LogP contribution is 2.37. The van der Waals surface area contributed by atoms with Crippen molar-refractivity contribution < 1.29 is 22.9 Å². The first-order chi connectivity index (χ1) is 12.7. The number of nitro benzene ring substituents is 1. The van der Waals surface area contributed by atoms with E-state index in [1.54, 1.807) is 0 Å². The van der Waals surface area contributed by atoms with Crippen molar-refractivity contribution in [1.82, 2.24) is 0 Å². The maximum atomic E-state index is 12.6. The fraction of sp³-hybridized carbons (Fsp3) is 0.0588. The molecule has 0 unspecified atom stereocenters. The molecule has 1 aliphatic heterocycles. The van der Waals surface area contributed by atoms with E-state index in [0.717, 1.165) is 28.8 Å². The summed E-state index contributed by atoms with van der Waals surface area (Å²) >= 11 is 6.15. The molecule has 0 bridgehead atoms. The van der Waals surface area contributed by atoms with Gasteiger partial charge < -0.3 is 0 Å². The van der Waals surface area contributed by atoms with Crippen LogP contribution < -0.4 is 4.90 Å². The Bertz CT molecular complexity index is 972. The Hall–Kier alpha value is -2.72. The lowest BCUT2D eigenvalue weighted by atomic mass is 10.1. The summed E-state index contributed by atoms with van der Waals surface area (Å²) in [6, 6.07) is 9.82. The van der Waals surface area contributed by atoms with Gasteiger partial charge in [-0.1, -0.05) is 42.2 Å². The van der Waals surface area contributed by atoms with E-state index in [0.29, 0.717) is 5.56 Å². The summed E-state index contributed by atoms with van der Waals surface area (Å²) in [4.78, 5) is 24.3. The molecule has 0 spiro atoms. The molecule has 0 radical (unpaired) electrons. The Morgan fingerprint density at radius 2 is 1.81 bits per heavy atom. The minimum absolute atomic E-state index is 0.179. The Balaban J connectivity index is 1.89. The van der Waals surface area contributed by atoms with Crippen molar-refractivity contribution in [3.63, 3.8) is 0 Å². The Kier molecular flexibility index (Phi) is 5.03. The highest BCUT2D eigenvalue weighted by atomic mass is 32.2. The van der Waals surface area contributed by atoms with Crippen LogP contribution in [0.4, 0.5) is 24.5 Å². The third-order valence-electron chi connectivity index (χ3n) is 3.63. The van der Waals surface area contributed by atoms with Crippen LogP contribution in [0.5, 0.6) is 0 Å². The first-order valence-electron chi connectivity index (χ1n) is 7.36. The van der Waals surface area contributed by atoms with Crippen molar-refractivity contribution >= 4 is 51.7 Å². The number of hydrogen-bond acceptors (Lipinski definition) is 5. The minimum Gasteiger partial charge on any atom is -0.268 e. The number of nitro groups is 1. The average Bonchev–Trinajstić information content (AvgIpc) is 2.88. The third kappa shape index (κ3) is 4.01. The number of alkyl halides is 3. The van der Waals surface area contributed by atoms with Crippen molar-refractivity contribution in [2.75, 3.05) is 4.90 Å². The molecule has 0 atom stereocenters. The van der Waals surface area contributed by atoms with E-state index in [2.05, 4.69) is 0 Å². The number of amides is 1. The van der Waals surface area contributed by atoms with Gasteiger partial charge in [0.15, 0.2) is 4.32 Å². The minimum atomic E-state index is -4.44. The van der Waals surface area contributed by atoms with Crippen LogP contribution in [-0.4, -0.2) is 15.2 Å². The Labute approximate surface area is 160 Å². The number of benzene rings is 2. The normalized spacial score (nSPS) is 16.3. The van der Waals surface area contributed by atoms with Gasteiger partial charge in [0.2, 0.25) is 0 Å². The highest BCUT2D eigenvalue weighted by molar-refractivity contribution is 8.27. The van der Waals surface area contributed by atoms with Gasteiger partial charge >= 0.3 is 6.18 Å². The number of hydrogen-bond donors (Lipinski definition) is 0. The Morgan fingerprint density at radius 3 is 2.41 bits per heavy atom. The predicted octanol–water partition coefficient (Wildman–Crippen LogP) is 5.02. The molecule has 2 aromatic rings. The van der Waals surface area contributed by atoms with Gasteiger partial charge in [0, 0.05) is 12.1 Å². The largest absolute Gasteiger partial charge is 0.416 e. The molecule has 138 valence electrons. The molecular weight excluding hydrogens is 401 g/mol.